The summed E-state index contributed by atoms with van der Waals surface area (Å²) in [5, 5.41) is 2.20. The molecule has 1 heterocycles. The SMILES string of the molecule is c1ccc(-c2ccc(N(c3ccc(-c4cc(-c5ccc6c(c5)C(c5ccccc5)(c5ccccc5)c5ccccc5-6)c5oc6ccccc6c5c4)cc3)c3ccccc3-c3ccccc3)cc2)cc1. The van der Waals surface area contributed by atoms with E-state index in [9.17, 15) is 0 Å². The van der Waals surface area contributed by atoms with Crippen molar-refractivity contribution in [2.24, 2.45) is 0 Å². The summed E-state index contributed by atoms with van der Waals surface area (Å²) in [7, 11) is 0. The van der Waals surface area contributed by atoms with E-state index in [0.29, 0.717) is 0 Å². The fourth-order valence-electron chi connectivity index (χ4n) is 11.0. The van der Waals surface area contributed by atoms with E-state index < -0.39 is 5.41 Å². The molecule has 2 nitrogen and oxygen atoms in total. The summed E-state index contributed by atoms with van der Waals surface area (Å²) in [6.45, 7) is 0. The summed E-state index contributed by atoms with van der Waals surface area (Å²) in [6.07, 6.45) is 0. The van der Waals surface area contributed by atoms with Gasteiger partial charge in [0.2, 0.25) is 0 Å². The van der Waals surface area contributed by atoms with Gasteiger partial charge in [0.05, 0.1) is 11.1 Å². The van der Waals surface area contributed by atoms with Crippen molar-refractivity contribution in [3.05, 3.63) is 295 Å². The van der Waals surface area contributed by atoms with E-state index in [1.54, 1.807) is 0 Å². The van der Waals surface area contributed by atoms with Gasteiger partial charge in [0.25, 0.3) is 0 Å². The minimum Gasteiger partial charge on any atom is -0.455 e. The van der Waals surface area contributed by atoms with Crippen LogP contribution in [0.4, 0.5) is 17.1 Å². The molecule has 1 aromatic heterocycles. The third kappa shape index (κ3) is 6.72. The number of anilines is 3. The molecule has 0 amide bonds. The molecule has 324 valence electrons. The first kappa shape index (κ1) is 40.3. The third-order valence-electron chi connectivity index (χ3n) is 14.2. The van der Waals surface area contributed by atoms with Crippen LogP contribution in [0, 0.1) is 0 Å². The molecule has 2 heteroatoms. The monoisotopic (exact) mass is 879 g/mol. The second kappa shape index (κ2) is 16.7. The van der Waals surface area contributed by atoms with Gasteiger partial charge in [-0.1, -0.05) is 218 Å². The number of hydrogen-bond acceptors (Lipinski definition) is 2. The van der Waals surface area contributed by atoms with Gasteiger partial charge in [0.15, 0.2) is 0 Å². The molecule has 0 saturated carbocycles. The van der Waals surface area contributed by atoms with Gasteiger partial charge in [-0.25, -0.2) is 0 Å². The van der Waals surface area contributed by atoms with E-state index in [1.165, 1.54) is 50.1 Å². The van der Waals surface area contributed by atoms with E-state index >= 15 is 0 Å². The molecular formula is C67H45NO. The zero-order valence-corrected chi connectivity index (χ0v) is 37.8. The Morgan fingerprint density at radius 3 is 1.45 bits per heavy atom. The van der Waals surface area contributed by atoms with Gasteiger partial charge >= 0.3 is 0 Å². The van der Waals surface area contributed by atoms with Crippen LogP contribution < -0.4 is 4.90 Å². The number of para-hydroxylation sites is 2. The number of hydrogen-bond donors (Lipinski definition) is 0. The zero-order valence-electron chi connectivity index (χ0n) is 37.8. The minimum atomic E-state index is -0.516. The second-order valence-corrected chi connectivity index (χ2v) is 18.0. The predicted octanol–water partition coefficient (Wildman–Crippen LogP) is 18.1. The number of furan rings is 1. The Morgan fingerprint density at radius 1 is 0.290 bits per heavy atom. The van der Waals surface area contributed by atoms with Crippen molar-refractivity contribution in [1.82, 2.24) is 0 Å². The van der Waals surface area contributed by atoms with Gasteiger partial charge in [0, 0.05) is 33.3 Å². The van der Waals surface area contributed by atoms with E-state index in [2.05, 4.69) is 278 Å². The maximum Gasteiger partial charge on any atom is 0.143 e. The Morgan fingerprint density at radius 2 is 0.783 bits per heavy atom. The lowest BCUT2D eigenvalue weighted by Crippen LogP contribution is -2.28. The zero-order chi connectivity index (χ0) is 45.7. The summed E-state index contributed by atoms with van der Waals surface area (Å²) in [4.78, 5) is 2.38. The average molecular weight is 880 g/mol. The number of benzene rings is 11. The number of fused-ring (bicyclic) bond motifs is 6. The maximum absolute atomic E-state index is 6.86. The van der Waals surface area contributed by atoms with Crippen LogP contribution in [-0.2, 0) is 5.41 Å². The van der Waals surface area contributed by atoms with Crippen LogP contribution in [0.2, 0.25) is 0 Å². The van der Waals surface area contributed by atoms with Crippen LogP contribution in [0.25, 0.3) is 77.6 Å². The summed E-state index contributed by atoms with van der Waals surface area (Å²) in [5.74, 6) is 0. The largest absolute Gasteiger partial charge is 0.455 e. The Hall–Kier alpha value is -8.98. The third-order valence-corrected chi connectivity index (χ3v) is 14.2. The Balaban J connectivity index is 0.974. The van der Waals surface area contributed by atoms with Gasteiger partial charge in [-0.05, 0) is 121 Å². The van der Waals surface area contributed by atoms with Gasteiger partial charge in [0.1, 0.15) is 11.2 Å². The summed E-state index contributed by atoms with van der Waals surface area (Å²) in [5.41, 5.74) is 21.2. The summed E-state index contributed by atoms with van der Waals surface area (Å²) < 4.78 is 6.86. The Kier molecular flexibility index (Phi) is 9.77. The number of nitrogens with zero attached hydrogens (tertiary/aromatic N) is 1. The van der Waals surface area contributed by atoms with Crippen molar-refractivity contribution < 1.29 is 4.42 Å². The predicted molar refractivity (Wildman–Crippen MR) is 287 cm³/mol. The first-order valence-electron chi connectivity index (χ1n) is 23.7. The lowest BCUT2D eigenvalue weighted by Gasteiger charge is -2.34. The highest BCUT2D eigenvalue weighted by Gasteiger charge is 2.46. The van der Waals surface area contributed by atoms with Gasteiger partial charge in [-0.15, -0.1) is 0 Å². The maximum atomic E-state index is 6.86. The molecule has 0 saturated heterocycles. The quantitative estimate of drug-likeness (QED) is 0.144. The standard InChI is InChI=1S/C67H45NO/c1-5-19-46(20-6-1)47-33-38-54(39-34-47)68(64-31-17-14-27-56(64)49-21-7-2-8-22-49)55-40-35-48(36-41-55)51-43-60(66-61(44-51)59-29-15-18-32-65(59)69-66)50-37-42-58-57-28-13-16-30-62(57)67(63(58)45-50,52-23-9-3-10-24-52)53-25-11-4-12-26-53/h1-45H. The molecule has 1 aliphatic carbocycles. The minimum absolute atomic E-state index is 0.516. The van der Waals surface area contributed by atoms with E-state index in [4.69, 9.17) is 4.42 Å². The topological polar surface area (TPSA) is 16.4 Å². The molecule has 0 bridgehead atoms. The highest BCUT2D eigenvalue weighted by atomic mass is 16.3. The van der Waals surface area contributed by atoms with E-state index in [0.717, 1.165) is 66.8 Å². The molecule has 0 unspecified atom stereocenters. The summed E-state index contributed by atoms with van der Waals surface area (Å²) >= 11 is 0. The lowest BCUT2D eigenvalue weighted by molar-refractivity contribution is 0.670. The van der Waals surface area contributed by atoms with Gasteiger partial charge in [-0.3, -0.25) is 0 Å². The summed E-state index contributed by atoms with van der Waals surface area (Å²) in [6, 6.07) is 99.1. The molecule has 11 aromatic carbocycles. The van der Waals surface area contributed by atoms with Crippen molar-refractivity contribution in [1.29, 1.82) is 0 Å². The molecular weight excluding hydrogens is 835 g/mol. The first-order chi connectivity index (χ1) is 34.2. The molecule has 0 atom stereocenters. The molecule has 0 spiro atoms. The van der Waals surface area contributed by atoms with E-state index in [1.807, 2.05) is 0 Å². The van der Waals surface area contributed by atoms with Crippen LogP contribution >= 0.6 is 0 Å². The number of rotatable bonds is 9. The normalized spacial score (nSPS) is 12.5. The van der Waals surface area contributed by atoms with Crippen molar-refractivity contribution >= 4 is 39.0 Å². The van der Waals surface area contributed by atoms with Crippen molar-refractivity contribution in [3.8, 4) is 55.6 Å². The van der Waals surface area contributed by atoms with Crippen LogP contribution in [0.15, 0.2) is 277 Å². The molecule has 0 N–H and O–H groups in total. The first-order valence-corrected chi connectivity index (χ1v) is 23.7. The molecule has 0 radical (unpaired) electrons. The van der Waals surface area contributed by atoms with Crippen LogP contribution in [-0.4, -0.2) is 0 Å². The molecule has 12 aromatic rings. The van der Waals surface area contributed by atoms with Crippen molar-refractivity contribution in [2.75, 3.05) is 4.90 Å². The Bertz CT molecular complexity index is 3760. The molecule has 0 fully saturated rings. The second-order valence-electron chi connectivity index (χ2n) is 18.0. The fourth-order valence-corrected chi connectivity index (χ4v) is 11.0. The van der Waals surface area contributed by atoms with E-state index in [-0.39, 0.29) is 0 Å². The van der Waals surface area contributed by atoms with Crippen LogP contribution in [0.3, 0.4) is 0 Å². The van der Waals surface area contributed by atoms with Crippen molar-refractivity contribution in [3.63, 3.8) is 0 Å². The fraction of sp³-hybridized carbons (Fsp3) is 0.0149. The van der Waals surface area contributed by atoms with Gasteiger partial charge in [-0.2, -0.15) is 0 Å². The highest BCUT2D eigenvalue weighted by molar-refractivity contribution is 6.11. The Labute approximate surface area is 402 Å². The van der Waals surface area contributed by atoms with Crippen molar-refractivity contribution in [2.45, 2.75) is 5.41 Å². The van der Waals surface area contributed by atoms with Crippen LogP contribution in [0.1, 0.15) is 22.3 Å². The average Bonchev–Trinajstić information content (AvgIpc) is 3.96. The molecule has 13 rings (SSSR count). The van der Waals surface area contributed by atoms with Gasteiger partial charge < -0.3 is 9.32 Å². The molecule has 69 heavy (non-hydrogen) atoms. The lowest BCUT2D eigenvalue weighted by atomic mass is 9.67. The molecule has 1 aliphatic rings. The molecule has 0 aliphatic heterocycles. The highest BCUT2D eigenvalue weighted by Crippen LogP contribution is 2.57. The smallest absolute Gasteiger partial charge is 0.143 e. The van der Waals surface area contributed by atoms with Crippen LogP contribution in [0.5, 0.6) is 0 Å².